The molecular formula is C24H29ClN6O6S3. The molecule has 216 valence electrons. The van der Waals surface area contributed by atoms with Gasteiger partial charge in [-0.15, -0.1) is 11.3 Å². The fraction of sp³-hybridized carbons (Fsp3) is 0.458. The summed E-state index contributed by atoms with van der Waals surface area (Å²) in [7, 11) is -6.74. The van der Waals surface area contributed by atoms with Gasteiger partial charge in [0.1, 0.15) is 5.03 Å². The summed E-state index contributed by atoms with van der Waals surface area (Å²) in [5.74, 6) is -1.16. The Kier molecular flexibility index (Phi) is 7.74. The lowest BCUT2D eigenvalue weighted by molar-refractivity contribution is -0.127. The SMILES string of the molecule is CC1Cc2nc(C(=O)N3CCN(S(=O)(=O)c4cc5cc(Cl)ccc5[nH]4)CC3CC(=O)N(C)S(C)(=O)=O)sc2CN1. The molecule has 0 bridgehead atoms. The monoisotopic (exact) mass is 628 g/mol. The molecule has 0 saturated carbocycles. The third-order valence-electron chi connectivity index (χ3n) is 7.21. The van der Waals surface area contributed by atoms with E-state index in [4.69, 9.17) is 11.6 Å². The maximum Gasteiger partial charge on any atom is 0.283 e. The number of carbonyl (C=O) groups excluding carboxylic acids is 2. The van der Waals surface area contributed by atoms with Gasteiger partial charge in [-0.25, -0.2) is 26.1 Å². The predicted molar refractivity (Wildman–Crippen MR) is 151 cm³/mol. The molecule has 5 rings (SSSR count). The van der Waals surface area contributed by atoms with E-state index in [1.165, 1.54) is 26.6 Å². The molecule has 0 aliphatic carbocycles. The molecule has 0 radical (unpaired) electrons. The first-order valence-corrected chi connectivity index (χ1v) is 17.0. The second kappa shape index (κ2) is 10.7. The Morgan fingerprint density at radius 1 is 1.20 bits per heavy atom. The van der Waals surface area contributed by atoms with Crippen molar-refractivity contribution in [1.29, 1.82) is 0 Å². The summed E-state index contributed by atoms with van der Waals surface area (Å²) in [5.41, 5.74) is 1.44. The normalized spacial score (nSPS) is 20.4. The number of hydrogen-bond acceptors (Lipinski definition) is 9. The molecule has 2 aliphatic rings. The summed E-state index contributed by atoms with van der Waals surface area (Å²) in [6.45, 7) is 2.43. The zero-order valence-corrected chi connectivity index (χ0v) is 25.3. The van der Waals surface area contributed by atoms with E-state index in [0.29, 0.717) is 33.2 Å². The van der Waals surface area contributed by atoms with Gasteiger partial charge >= 0.3 is 0 Å². The van der Waals surface area contributed by atoms with Crippen LogP contribution in [0.2, 0.25) is 5.02 Å². The molecule has 2 atom stereocenters. The number of nitrogens with zero attached hydrogens (tertiary/aromatic N) is 4. The molecule has 0 spiro atoms. The minimum absolute atomic E-state index is 0.00353. The van der Waals surface area contributed by atoms with Gasteiger partial charge in [0.2, 0.25) is 15.9 Å². The maximum absolute atomic E-state index is 13.7. The summed E-state index contributed by atoms with van der Waals surface area (Å²) in [4.78, 5) is 36.5. The van der Waals surface area contributed by atoms with Crippen LogP contribution in [0.15, 0.2) is 29.3 Å². The molecule has 1 saturated heterocycles. The van der Waals surface area contributed by atoms with E-state index in [1.807, 2.05) is 6.92 Å². The molecule has 3 aromatic rings. The van der Waals surface area contributed by atoms with Gasteiger partial charge in [0.05, 0.1) is 18.0 Å². The standard InChI is InChI=1S/C24H29ClN6O6S3/c1-14-8-19-20(12-26-14)38-23(28-19)24(33)31-7-6-30(13-17(31)11-22(32)29(2)39(3,34)35)40(36,37)21-10-15-9-16(25)4-5-18(15)27-21/h4-5,9-10,14,17,26-27H,6-8,11-13H2,1-3H3. The van der Waals surface area contributed by atoms with Crippen molar-refractivity contribution in [2.75, 3.05) is 32.9 Å². The first-order valence-electron chi connectivity index (χ1n) is 12.5. The van der Waals surface area contributed by atoms with Gasteiger partial charge in [-0.2, -0.15) is 4.31 Å². The number of thiazole rings is 1. The smallest absolute Gasteiger partial charge is 0.283 e. The lowest BCUT2D eigenvalue weighted by atomic mass is 10.1. The number of H-pyrrole nitrogens is 1. The molecule has 4 heterocycles. The Morgan fingerprint density at radius 2 is 1.95 bits per heavy atom. The van der Waals surface area contributed by atoms with E-state index in [2.05, 4.69) is 15.3 Å². The van der Waals surface area contributed by atoms with Crippen LogP contribution >= 0.6 is 22.9 Å². The number of amides is 2. The van der Waals surface area contributed by atoms with Crippen LogP contribution in [0.4, 0.5) is 0 Å². The maximum atomic E-state index is 13.7. The molecule has 12 nitrogen and oxygen atoms in total. The minimum Gasteiger partial charge on any atom is -0.345 e. The van der Waals surface area contributed by atoms with Crippen LogP contribution < -0.4 is 5.32 Å². The lowest BCUT2D eigenvalue weighted by Gasteiger charge is -2.40. The summed E-state index contributed by atoms with van der Waals surface area (Å²) >= 11 is 7.33. The highest BCUT2D eigenvalue weighted by molar-refractivity contribution is 7.89. The zero-order chi connectivity index (χ0) is 29.0. The Hall–Kier alpha value is -2.56. The molecule has 1 fully saturated rings. The van der Waals surface area contributed by atoms with Crippen molar-refractivity contribution in [3.05, 3.63) is 44.9 Å². The quantitative estimate of drug-likeness (QED) is 0.418. The molecule has 2 aromatic heterocycles. The van der Waals surface area contributed by atoms with Crippen molar-refractivity contribution >= 4 is 65.7 Å². The zero-order valence-electron chi connectivity index (χ0n) is 22.0. The van der Waals surface area contributed by atoms with Crippen LogP contribution in [0.5, 0.6) is 0 Å². The Morgan fingerprint density at radius 3 is 2.67 bits per heavy atom. The fourth-order valence-electron chi connectivity index (χ4n) is 4.88. The molecule has 1 aromatic carbocycles. The first kappa shape index (κ1) is 29.0. The van der Waals surface area contributed by atoms with Crippen LogP contribution in [-0.4, -0.2) is 97.1 Å². The largest absolute Gasteiger partial charge is 0.345 e. The Balaban J connectivity index is 1.44. The van der Waals surface area contributed by atoms with Gasteiger partial charge in [0.15, 0.2) is 5.01 Å². The average molecular weight is 629 g/mol. The molecule has 2 unspecified atom stereocenters. The van der Waals surface area contributed by atoms with Gasteiger partial charge in [0.25, 0.3) is 15.9 Å². The van der Waals surface area contributed by atoms with Gasteiger partial charge in [0, 0.05) is 72.9 Å². The molecular weight excluding hydrogens is 600 g/mol. The van der Waals surface area contributed by atoms with E-state index < -0.39 is 37.9 Å². The molecule has 2 aliphatic heterocycles. The summed E-state index contributed by atoms with van der Waals surface area (Å²) in [5, 5.41) is 4.64. The number of fused-ring (bicyclic) bond motifs is 2. The van der Waals surface area contributed by atoms with Crippen LogP contribution in [0.1, 0.15) is 33.7 Å². The Labute approximate surface area is 241 Å². The van der Waals surface area contributed by atoms with E-state index in [9.17, 15) is 26.4 Å². The Bertz CT molecular complexity index is 1700. The van der Waals surface area contributed by atoms with Gasteiger partial charge in [-0.3, -0.25) is 9.59 Å². The van der Waals surface area contributed by atoms with Gasteiger partial charge in [-0.05, 0) is 31.2 Å². The number of aromatic nitrogens is 2. The topological polar surface area (TPSA) is 153 Å². The fourth-order valence-corrected chi connectivity index (χ4v) is 7.99. The lowest BCUT2D eigenvalue weighted by Crippen LogP contribution is -2.57. The van der Waals surface area contributed by atoms with E-state index in [0.717, 1.165) is 23.9 Å². The van der Waals surface area contributed by atoms with Crippen molar-refractivity contribution in [1.82, 2.24) is 28.8 Å². The highest BCUT2D eigenvalue weighted by Gasteiger charge is 2.40. The van der Waals surface area contributed by atoms with E-state index in [1.54, 1.807) is 18.2 Å². The van der Waals surface area contributed by atoms with Crippen LogP contribution in [0.3, 0.4) is 0 Å². The van der Waals surface area contributed by atoms with Crippen molar-refractivity contribution < 1.29 is 26.4 Å². The van der Waals surface area contributed by atoms with Gasteiger partial charge < -0.3 is 15.2 Å². The summed E-state index contributed by atoms with van der Waals surface area (Å²) in [6.07, 6.45) is 1.21. The van der Waals surface area contributed by atoms with Crippen molar-refractivity contribution in [2.45, 2.75) is 43.4 Å². The van der Waals surface area contributed by atoms with Crippen molar-refractivity contribution in [2.24, 2.45) is 0 Å². The number of nitrogens with one attached hydrogen (secondary N) is 2. The summed E-state index contributed by atoms with van der Waals surface area (Å²) in [6, 6.07) is 5.78. The number of benzene rings is 1. The van der Waals surface area contributed by atoms with Crippen molar-refractivity contribution in [3.63, 3.8) is 0 Å². The molecule has 2 N–H and O–H groups in total. The number of rotatable bonds is 6. The minimum atomic E-state index is -4.04. The molecule has 2 amide bonds. The highest BCUT2D eigenvalue weighted by Crippen LogP contribution is 2.29. The number of halogens is 1. The van der Waals surface area contributed by atoms with Crippen LogP contribution in [-0.2, 0) is 37.8 Å². The van der Waals surface area contributed by atoms with Crippen LogP contribution in [0.25, 0.3) is 10.9 Å². The van der Waals surface area contributed by atoms with E-state index >= 15 is 0 Å². The first-order chi connectivity index (χ1) is 18.7. The van der Waals surface area contributed by atoms with Crippen LogP contribution in [0, 0.1) is 0 Å². The number of hydrogen-bond donors (Lipinski definition) is 2. The highest BCUT2D eigenvalue weighted by atomic mass is 35.5. The molecule has 16 heteroatoms. The molecule has 40 heavy (non-hydrogen) atoms. The number of piperazine rings is 1. The van der Waals surface area contributed by atoms with Gasteiger partial charge in [-0.1, -0.05) is 11.6 Å². The third kappa shape index (κ3) is 5.63. The second-order valence-electron chi connectivity index (χ2n) is 10.1. The predicted octanol–water partition coefficient (Wildman–Crippen LogP) is 1.64. The second-order valence-corrected chi connectivity index (χ2v) is 15.5. The average Bonchev–Trinajstić information content (AvgIpc) is 3.51. The number of aromatic amines is 1. The van der Waals surface area contributed by atoms with E-state index in [-0.39, 0.29) is 42.1 Å². The summed E-state index contributed by atoms with van der Waals surface area (Å²) < 4.78 is 53.1. The number of sulfonamides is 2. The van der Waals surface area contributed by atoms with Crippen molar-refractivity contribution in [3.8, 4) is 0 Å². The third-order valence-corrected chi connectivity index (χ3v) is 11.5. The number of carbonyl (C=O) groups is 2.